The SMILES string of the molecule is CNc1c(N)ncc(Oc2cnc3c(c2)c(C2CC2)nn3COCC[Si](C)(C)C)c1Cl. The predicted molar refractivity (Wildman–Crippen MR) is 127 cm³/mol. The van der Waals surface area contributed by atoms with Crippen LogP contribution in [0.2, 0.25) is 30.7 Å². The average molecular weight is 461 g/mol. The van der Waals surface area contributed by atoms with Crippen molar-refractivity contribution >= 4 is 42.2 Å². The van der Waals surface area contributed by atoms with Crippen LogP contribution in [0.1, 0.15) is 24.5 Å². The predicted octanol–water partition coefficient (Wildman–Crippen LogP) is 5.09. The summed E-state index contributed by atoms with van der Waals surface area (Å²) >= 11 is 6.42. The maximum absolute atomic E-state index is 6.42. The summed E-state index contributed by atoms with van der Waals surface area (Å²) in [6.07, 6.45) is 5.48. The number of nitrogen functional groups attached to an aromatic ring is 1. The molecule has 166 valence electrons. The van der Waals surface area contributed by atoms with Crippen molar-refractivity contribution in [1.29, 1.82) is 0 Å². The molecule has 1 fully saturated rings. The lowest BCUT2D eigenvalue weighted by Crippen LogP contribution is -2.22. The first kappa shape index (κ1) is 21.9. The van der Waals surface area contributed by atoms with Gasteiger partial charge in [-0.3, -0.25) is 0 Å². The van der Waals surface area contributed by atoms with Gasteiger partial charge in [0.25, 0.3) is 0 Å². The number of nitrogens with zero attached hydrogens (tertiary/aromatic N) is 4. The fourth-order valence-electron chi connectivity index (χ4n) is 3.32. The standard InChI is InChI=1S/C21H29ClN6O2Si/c1-24-19-17(22)16(11-25-20(19)23)30-14-9-15-18(13-5-6-13)27-28(21(15)26-10-14)12-29-7-8-31(2,3)4/h9-11,13,24H,5-8,12H2,1-4H3,(H2,23,25). The third kappa shape index (κ3) is 4.94. The number of fused-ring (bicyclic) bond motifs is 1. The highest BCUT2D eigenvalue weighted by atomic mass is 35.5. The molecule has 1 saturated carbocycles. The first-order valence-electron chi connectivity index (χ1n) is 10.5. The molecule has 8 nitrogen and oxygen atoms in total. The minimum atomic E-state index is -1.13. The van der Waals surface area contributed by atoms with Crippen molar-refractivity contribution < 1.29 is 9.47 Å². The summed E-state index contributed by atoms with van der Waals surface area (Å²) in [4.78, 5) is 8.77. The van der Waals surface area contributed by atoms with Gasteiger partial charge in [-0.2, -0.15) is 5.10 Å². The Balaban J connectivity index is 1.58. The summed E-state index contributed by atoms with van der Waals surface area (Å²) in [6, 6.07) is 3.09. The number of ether oxygens (including phenoxy) is 2. The molecular weight excluding hydrogens is 432 g/mol. The van der Waals surface area contributed by atoms with Crippen LogP contribution in [0.4, 0.5) is 11.5 Å². The Hall–Kier alpha value is -2.36. The lowest BCUT2D eigenvalue weighted by atomic mass is 10.2. The Bertz CT molecular complexity index is 1090. The van der Waals surface area contributed by atoms with Gasteiger partial charge < -0.3 is 20.5 Å². The summed E-state index contributed by atoms with van der Waals surface area (Å²) < 4.78 is 13.8. The van der Waals surface area contributed by atoms with E-state index in [1.165, 1.54) is 6.20 Å². The zero-order valence-corrected chi connectivity index (χ0v) is 20.2. The maximum Gasteiger partial charge on any atom is 0.166 e. The molecule has 10 heteroatoms. The highest BCUT2D eigenvalue weighted by Crippen LogP contribution is 2.43. The fourth-order valence-corrected chi connectivity index (χ4v) is 4.35. The van der Waals surface area contributed by atoms with E-state index in [0.717, 1.165) is 42.2 Å². The van der Waals surface area contributed by atoms with Gasteiger partial charge in [0, 0.05) is 33.0 Å². The Labute approximate surface area is 188 Å². The Morgan fingerprint density at radius 3 is 2.71 bits per heavy atom. The molecule has 0 amide bonds. The van der Waals surface area contributed by atoms with Gasteiger partial charge >= 0.3 is 0 Å². The zero-order chi connectivity index (χ0) is 22.2. The van der Waals surface area contributed by atoms with Crippen LogP contribution in [0.5, 0.6) is 11.5 Å². The van der Waals surface area contributed by atoms with Crippen molar-refractivity contribution in [3.05, 3.63) is 29.2 Å². The first-order chi connectivity index (χ1) is 14.8. The topological polar surface area (TPSA) is 100 Å². The summed E-state index contributed by atoms with van der Waals surface area (Å²) in [5.41, 5.74) is 8.26. The molecule has 0 aromatic carbocycles. The second-order valence-electron chi connectivity index (χ2n) is 9.10. The van der Waals surface area contributed by atoms with Crippen molar-refractivity contribution in [1.82, 2.24) is 19.7 Å². The largest absolute Gasteiger partial charge is 0.452 e. The van der Waals surface area contributed by atoms with Gasteiger partial charge in [0.1, 0.15) is 23.3 Å². The van der Waals surface area contributed by atoms with Crippen LogP contribution < -0.4 is 15.8 Å². The number of rotatable bonds is 9. The van der Waals surface area contributed by atoms with Crippen LogP contribution in [0.15, 0.2) is 18.5 Å². The molecule has 0 spiro atoms. The van der Waals surface area contributed by atoms with Crippen LogP contribution >= 0.6 is 11.6 Å². The van der Waals surface area contributed by atoms with Crippen molar-refractivity contribution in [3.63, 3.8) is 0 Å². The number of hydrogen-bond acceptors (Lipinski definition) is 7. The normalized spacial score (nSPS) is 14.2. The molecule has 3 heterocycles. The smallest absolute Gasteiger partial charge is 0.166 e. The quantitative estimate of drug-likeness (QED) is 0.339. The molecule has 3 aromatic heterocycles. The van der Waals surface area contributed by atoms with E-state index >= 15 is 0 Å². The van der Waals surface area contributed by atoms with E-state index in [2.05, 4.69) is 34.9 Å². The van der Waals surface area contributed by atoms with Crippen LogP contribution in [-0.4, -0.2) is 41.5 Å². The highest BCUT2D eigenvalue weighted by molar-refractivity contribution is 6.76. The summed E-state index contributed by atoms with van der Waals surface area (Å²) in [6.45, 7) is 8.18. The van der Waals surface area contributed by atoms with Crippen molar-refractivity contribution in [2.75, 3.05) is 24.7 Å². The molecule has 0 aliphatic heterocycles. The molecule has 0 atom stereocenters. The molecule has 31 heavy (non-hydrogen) atoms. The van der Waals surface area contributed by atoms with Crippen LogP contribution in [0.25, 0.3) is 11.0 Å². The maximum atomic E-state index is 6.42. The van der Waals surface area contributed by atoms with E-state index in [0.29, 0.717) is 40.7 Å². The second-order valence-corrected chi connectivity index (χ2v) is 15.1. The van der Waals surface area contributed by atoms with E-state index in [1.54, 1.807) is 13.2 Å². The van der Waals surface area contributed by atoms with E-state index in [9.17, 15) is 0 Å². The molecule has 0 bridgehead atoms. The number of nitrogens with two attached hydrogens (primary N) is 1. The molecule has 4 rings (SSSR count). The zero-order valence-electron chi connectivity index (χ0n) is 18.4. The Morgan fingerprint density at radius 2 is 2.03 bits per heavy atom. The summed E-state index contributed by atoms with van der Waals surface area (Å²) in [7, 11) is 0.608. The molecule has 1 aliphatic rings. The van der Waals surface area contributed by atoms with E-state index in [-0.39, 0.29) is 0 Å². The monoisotopic (exact) mass is 460 g/mol. The first-order valence-corrected chi connectivity index (χ1v) is 14.6. The Kier molecular flexibility index (Phi) is 6.09. The number of pyridine rings is 2. The Morgan fingerprint density at radius 1 is 1.26 bits per heavy atom. The third-order valence-corrected chi connectivity index (χ3v) is 7.33. The van der Waals surface area contributed by atoms with Gasteiger partial charge in [-0.05, 0) is 25.0 Å². The van der Waals surface area contributed by atoms with Crippen LogP contribution in [0.3, 0.4) is 0 Å². The number of aromatic nitrogens is 4. The number of halogens is 1. The molecule has 0 unspecified atom stereocenters. The van der Waals surface area contributed by atoms with E-state index < -0.39 is 8.07 Å². The number of nitrogens with one attached hydrogen (secondary N) is 1. The van der Waals surface area contributed by atoms with Gasteiger partial charge in [-0.1, -0.05) is 31.2 Å². The van der Waals surface area contributed by atoms with Crippen molar-refractivity contribution in [3.8, 4) is 11.5 Å². The van der Waals surface area contributed by atoms with E-state index in [1.807, 2.05) is 10.7 Å². The van der Waals surface area contributed by atoms with Gasteiger partial charge in [0.05, 0.1) is 23.8 Å². The fraction of sp³-hybridized carbons (Fsp3) is 0.476. The van der Waals surface area contributed by atoms with Crippen molar-refractivity contribution in [2.24, 2.45) is 0 Å². The lowest BCUT2D eigenvalue weighted by molar-refractivity contribution is 0.0810. The van der Waals surface area contributed by atoms with E-state index in [4.69, 9.17) is 31.9 Å². The molecular formula is C21H29ClN6O2Si. The van der Waals surface area contributed by atoms with Gasteiger partial charge in [0.15, 0.2) is 11.4 Å². The second kappa shape index (κ2) is 8.64. The van der Waals surface area contributed by atoms with Gasteiger partial charge in [-0.15, -0.1) is 0 Å². The average Bonchev–Trinajstić information content (AvgIpc) is 3.49. The molecule has 3 aromatic rings. The summed E-state index contributed by atoms with van der Waals surface area (Å²) in [5.74, 6) is 1.78. The van der Waals surface area contributed by atoms with Crippen LogP contribution in [0, 0.1) is 0 Å². The summed E-state index contributed by atoms with van der Waals surface area (Å²) in [5, 5.41) is 9.13. The third-order valence-electron chi connectivity index (χ3n) is 5.26. The number of anilines is 2. The van der Waals surface area contributed by atoms with Gasteiger partial charge in [-0.25, -0.2) is 14.6 Å². The number of hydrogen-bond donors (Lipinski definition) is 2. The van der Waals surface area contributed by atoms with Gasteiger partial charge in [0.2, 0.25) is 0 Å². The molecule has 0 radical (unpaired) electrons. The molecule has 1 aliphatic carbocycles. The molecule has 0 saturated heterocycles. The minimum absolute atomic E-state index is 0.319. The van der Waals surface area contributed by atoms with Crippen LogP contribution in [-0.2, 0) is 11.5 Å². The lowest BCUT2D eigenvalue weighted by Gasteiger charge is -2.15. The minimum Gasteiger partial charge on any atom is -0.452 e. The van der Waals surface area contributed by atoms with Crippen molar-refractivity contribution in [2.45, 2.75) is 51.2 Å². The molecule has 3 N–H and O–H groups in total. The highest BCUT2D eigenvalue weighted by Gasteiger charge is 2.30.